The predicted octanol–water partition coefficient (Wildman–Crippen LogP) is 5.25. The Bertz CT molecular complexity index is 739. The van der Waals surface area contributed by atoms with Gasteiger partial charge in [-0.15, -0.1) is 12.3 Å². The van der Waals surface area contributed by atoms with Crippen molar-refractivity contribution < 1.29 is 14.3 Å². The molecule has 0 unspecified atom stereocenters. The summed E-state index contributed by atoms with van der Waals surface area (Å²) in [7, 11) is 1.74. The molecule has 0 N–H and O–H groups in total. The maximum atomic E-state index is 13.3. The van der Waals surface area contributed by atoms with Crippen molar-refractivity contribution in [2.24, 2.45) is 17.8 Å². The number of rotatable bonds is 5. The van der Waals surface area contributed by atoms with E-state index in [4.69, 9.17) is 11.2 Å². The Hall–Kier alpha value is -2.28. The fourth-order valence-corrected chi connectivity index (χ4v) is 4.57. The standard InChI is InChI=1S/C27H39NO3/c1-6-7-9-14-24-18-21(3)16-15-20(2)17-22(4)26(29)28(5)25(27(30)31-24)19-23-12-10-8-11-13-23/h1,8,10-13,20-22,24-25H,7,9,14-19H2,2-5H3/t20-,21-,22-,24-,25+/m1/s1. The van der Waals surface area contributed by atoms with Crippen molar-refractivity contribution >= 4 is 11.9 Å². The van der Waals surface area contributed by atoms with Crippen LogP contribution in [0.4, 0.5) is 0 Å². The number of terminal acetylenes is 1. The summed E-state index contributed by atoms with van der Waals surface area (Å²) in [4.78, 5) is 28.1. The summed E-state index contributed by atoms with van der Waals surface area (Å²) < 4.78 is 6.05. The number of carbonyl (C=O) groups excluding carboxylic acids is 2. The summed E-state index contributed by atoms with van der Waals surface area (Å²) in [5.41, 5.74) is 1.02. The number of unbranched alkanes of at least 4 members (excludes halogenated alkanes) is 1. The highest BCUT2D eigenvalue weighted by Gasteiger charge is 2.33. The van der Waals surface area contributed by atoms with Gasteiger partial charge in [-0.25, -0.2) is 4.79 Å². The first-order valence-electron chi connectivity index (χ1n) is 11.8. The Morgan fingerprint density at radius 1 is 1.06 bits per heavy atom. The molecule has 1 fully saturated rings. The van der Waals surface area contributed by atoms with Crippen LogP contribution in [0.15, 0.2) is 30.3 Å². The molecule has 0 bridgehead atoms. The van der Waals surface area contributed by atoms with Crippen molar-refractivity contribution in [2.75, 3.05) is 7.05 Å². The number of nitrogens with zero attached hydrogens (tertiary/aromatic N) is 1. The Kier molecular flexibility index (Phi) is 10.1. The van der Waals surface area contributed by atoms with Crippen molar-refractivity contribution in [3.05, 3.63) is 35.9 Å². The third-order valence-corrected chi connectivity index (χ3v) is 6.48. The first-order valence-corrected chi connectivity index (χ1v) is 11.8. The molecule has 1 aliphatic rings. The largest absolute Gasteiger partial charge is 0.461 e. The second-order valence-electron chi connectivity index (χ2n) is 9.47. The summed E-state index contributed by atoms with van der Waals surface area (Å²) in [6.45, 7) is 6.44. The van der Waals surface area contributed by atoms with E-state index in [0.29, 0.717) is 24.7 Å². The molecule has 31 heavy (non-hydrogen) atoms. The first kappa shape index (κ1) is 25.0. The zero-order valence-corrected chi connectivity index (χ0v) is 19.7. The van der Waals surface area contributed by atoms with E-state index in [1.165, 1.54) is 0 Å². The van der Waals surface area contributed by atoms with Crippen LogP contribution in [0.25, 0.3) is 0 Å². The molecular weight excluding hydrogens is 386 g/mol. The second-order valence-corrected chi connectivity index (χ2v) is 9.47. The average molecular weight is 426 g/mol. The molecule has 4 nitrogen and oxygen atoms in total. The quantitative estimate of drug-likeness (QED) is 0.367. The number of esters is 1. The van der Waals surface area contributed by atoms with Gasteiger partial charge in [0.1, 0.15) is 12.1 Å². The predicted molar refractivity (Wildman–Crippen MR) is 125 cm³/mol. The van der Waals surface area contributed by atoms with Crippen LogP contribution in [-0.4, -0.2) is 36.0 Å². The van der Waals surface area contributed by atoms with E-state index >= 15 is 0 Å². The Balaban J connectivity index is 2.29. The molecule has 0 saturated carbocycles. The van der Waals surface area contributed by atoms with Crippen molar-refractivity contribution in [1.82, 2.24) is 4.90 Å². The molecular formula is C27H39NO3. The number of ether oxygens (including phenoxy) is 1. The fourth-order valence-electron chi connectivity index (χ4n) is 4.57. The van der Waals surface area contributed by atoms with E-state index in [1.807, 2.05) is 37.3 Å². The van der Waals surface area contributed by atoms with Gasteiger partial charge in [-0.3, -0.25) is 4.79 Å². The normalized spacial score (nSPS) is 28.6. The van der Waals surface area contributed by atoms with Crippen LogP contribution in [-0.2, 0) is 20.7 Å². The topological polar surface area (TPSA) is 46.6 Å². The molecule has 1 heterocycles. The zero-order valence-electron chi connectivity index (χ0n) is 19.7. The average Bonchev–Trinajstić information content (AvgIpc) is 2.75. The van der Waals surface area contributed by atoms with Gasteiger partial charge in [-0.05, 0) is 43.1 Å². The highest BCUT2D eigenvalue weighted by molar-refractivity contribution is 5.85. The number of cyclic esters (lactones) is 1. The summed E-state index contributed by atoms with van der Waals surface area (Å²) in [6, 6.07) is 9.22. The van der Waals surface area contributed by atoms with E-state index in [0.717, 1.165) is 44.1 Å². The van der Waals surface area contributed by atoms with Gasteiger partial charge in [-0.2, -0.15) is 0 Å². The van der Waals surface area contributed by atoms with Gasteiger partial charge < -0.3 is 9.64 Å². The minimum atomic E-state index is -0.626. The Morgan fingerprint density at radius 2 is 1.71 bits per heavy atom. The summed E-state index contributed by atoms with van der Waals surface area (Å²) in [6.07, 6.45) is 11.9. The third kappa shape index (κ3) is 8.05. The van der Waals surface area contributed by atoms with Crippen molar-refractivity contribution in [3.8, 4) is 12.3 Å². The molecule has 1 aromatic carbocycles. The van der Waals surface area contributed by atoms with Crippen LogP contribution in [0.1, 0.15) is 71.3 Å². The van der Waals surface area contributed by atoms with Crippen molar-refractivity contribution in [3.63, 3.8) is 0 Å². The molecule has 0 spiro atoms. The molecule has 170 valence electrons. The molecule has 0 aromatic heterocycles. The van der Waals surface area contributed by atoms with Crippen molar-refractivity contribution in [2.45, 2.75) is 84.3 Å². The van der Waals surface area contributed by atoms with Crippen LogP contribution < -0.4 is 0 Å². The van der Waals surface area contributed by atoms with Crippen LogP contribution in [0, 0.1) is 30.1 Å². The molecule has 1 aromatic rings. The Morgan fingerprint density at radius 3 is 2.35 bits per heavy atom. The lowest BCUT2D eigenvalue weighted by atomic mass is 9.88. The second kappa shape index (κ2) is 12.5. The molecule has 1 amide bonds. The van der Waals surface area contributed by atoms with Crippen LogP contribution in [0.2, 0.25) is 0 Å². The van der Waals surface area contributed by atoms with E-state index in [-0.39, 0.29) is 23.9 Å². The van der Waals surface area contributed by atoms with Crippen LogP contribution in [0.5, 0.6) is 0 Å². The minimum Gasteiger partial charge on any atom is -0.461 e. The molecule has 4 heteroatoms. The monoisotopic (exact) mass is 425 g/mol. The SMILES string of the molecule is C#CCCC[C@@H]1C[C@H](C)CC[C@@H](C)C[C@@H](C)C(=O)N(C)[C@@H](Cc2ccccc2)C(=O)O1. The number of benzene rings is 1. The number of amides is 1. The molecule has 1 saturated heterocycles. The number of hydrogen-bond donors (Lipinski definition) is 0. The van der Waals surface area contributed by atoms with Gasteiger partial charge in [0.25, 0.3) is 0 Å². The molecule has 1 aliphatic heterocycles. The zero-order chi connectivity index (χ0) is 22.8. The first-order chi connectivity index (χ1) is 14.8. The highest BCUT2D eigenvalue weighted by atomic mass is 16.5. The molecule has 2 rings (SSSR count). The minimum absolute atomic E-state index is 0.0147. The molecule has 0 aliphatic carbocycles. The number of hydrogen-bond acceptors (Lipinski definition) is 3. The smallest absolute Gasteiger partial charge is 0.329 e. The lowest BCUT2D eigenvalue weighted by Gasteiger charge is -2.31. The van der Waals surface area contributed by atoms with E-state index < -0.39 is 6.04 Å². The van der Waals surface area contributed by atoms with Crippen LogP contribution >= 0.6 is 0 Å². The van der Waals surface area contributed by atoms with E-state index in [9.17, 15) is 9.59 Å². The van der Waals surface area contributed by atoms with Gasteiger partial charge in [0.2, 0.25) is 5.91 Å². The summed E-state index contributed by atoms with van der Waals surface area (Å²) >= 11 is 0. The van der Waals surface area contributed by atoms with Gasteiger partial charge in [0, 0.05) is 25.8 Å². The molecule has 5 atom stereocenters. The van der Waals surface area contributed by atoms with Gasteiger partial charge >= 0.3 is 5.97 Å². The summed E-state index contributed by atoms with van der Waals surface area (Å²) in [5, 5.41) is 0. The number of carbonyl (C=O) groups is 2. The molecule has 0 radical (unpaired) electrons. The van der Waals surface area contributed by atoms with Gasteiger partial charge in [-0.1, -0.05) is 63.9 Å². The lowest BCUT2D eigenvalue weighted by molar-refractivity contribution is -0.160. The maximum Gasteiger partial charge on any atom is 0.329 e. The third-order valence-electron chi connectivity index (χ3n) is 6.48. The highest BCUT2D eigenvalue weighted by Crippen LogP contribution is 2.27. The Labute approximate surface area is 188 Å². The van der Waals surface area contributed by atoms with Gasteiger partial charge in [0.05, 0.1) is 0 Å². The van der Waals surface area contributed by atoms with Gasteiger partial charge in [0.15, 0.2) is 0 Å². The summed E-state index contributed by atoms with van der Waals surface area (Å²) in [5.74, 6) is 3.20. The van der Waals surface area contributed by atoms with Crippen LogP contribution in [0.3, 0.4) is 0 Å². The lowest BCUT2D eigenvalue weighted by Crippen LogP contribution is -2.47. The van der Waals surface area contributed by atoms with E-state index in [1.54, 1.807) is 11.9 Å². The van der Waals surface area contributed by atoms with E-state index in [2.05, 4.69) is 19.8 Å². The van der Waals surface area contributed by atoms with Crippen molar-refractivity contribution in [1.29, 1.82) is 0 Å². The maximum absolute atomic E-state index is 13.3. The fraction of sp³-hybridized carbons (Fsp3) is 0.630. The number of likely N-dealkylation sites (N-methyl/N-ethyl adjacent to an activating group) is 1.